The van der Waals surface area contributed by atoms with E-state index < -0.39 is 0 Å². The summed E-state index contributed by atoms with van der Waals surface area (Å²) in [6.07, 6.45) is 1.92. The first-order valence-electron chi connectivity index (χ1n) is 5.71. The number of anilines is 2. The standard InChI is InChI=1S/C10H18N6O/c1-12-8-13-9(15-10(14-8)17-2)16-5-3-7(11)4-6-16/h7H,3-6,11H2,1-2H3,(H,12,13,14,15). The Bertz CT molecular complexity index is 355. The van der Waals surface area contributed by atoms with E-state index in [1.807, 2.05) is 0 Å². The monoisotopic (exact) mass is 238 g/mol. The van der Waals surface area contributed by atoms with Crippen LogP contribution in [0.5, 0.6) is 6.01 Å². The number of rotatable bonds is 3. The van der Waals surface area contributed by atoms with E-state index in [2.05, 4.69) is 25.2 Å². The Morgan fingerprint density at radius 2 is 2.00 bits per heavy atom. The third-order valence-electron chi connectivity index (χ3n) is 2.83. The van der Waals surface area contributed by atoms with Gasteiger partial charge in [-0.25, -0.2) is 0 Å². The summed E-state index contributed by atoms with van der Waals surface area (Å²) in [6, 6.07) is 0.618. The zero-order valence-electron chi connectivity index (χ0n) is 10.2. The van der Waals surface area contributed by atoms with E-state index >= 15 is 0 Å². The molecule has 0 saturated carbocycles. The molecule has 0 atom stereocenters. The van der Waals surface area contributed by atoms with Crippen molar-refractivity contribution in [3.05, 3.63) is 0 Å². The third-order valence-corrected chi connectivity index (χ3v) is 2.83. The van der Waals surface area contributed by atoms with Gasteiger partial charge in [-0.3, -0.25) is 0 Å². The molecule has 1 aromatic rings. The number of aromatic nitrogens is 3. The molecule has 1 aromatic heterocycles. The molecule has 0 amide bonds. The summed E-state index contributed by atoms with van der Waals surface area (Å²) in [5, 5.41) is 2.90. The van der Waals surface area contributed by atoms with Crippen LogP contribution in [-0.2, 0) is 0 Å². The first-order chi connectivity index (χ1) is 8.22. The molecular weight excluding hydrogens is 220 g/mol. The molecule has 0 radical (unpaired) electrons. The van der Waals surface area contributed by atoms with E-state index in [9.17, 15) is 0 Å². The molecule has 2 rings (SSSR count). The molecule has 17 heavy (non-hydrogen) atoms. The van der Waals surface area contributed by atoms with Crippen molar-refractivity contribution in [3.63, 3.8) is 0 Å². The van der Waals surface area contributed by atoms with Crippen molar-refractivity contribution in [1.82, 2.24) is 15.0 Å². The lowest BCUT2D eigenvalue weighted by molar-refractivity contribution is 0.377. The maximum absolute atomic E-state index is 5.87. The highest BCUT2D eigenvalue weighted by molar-refractivity contribution is 5.38. The first-order valence-corrected chi connectivity index (χ1v) is 5.71. The summed E-state index contributed by atoms with van der Waals surface area (Å²) in [7, 11) is 3.31. The van der Waals surface area contributed by atoms with Crippen LogP contribution in [0.4, 0.5) is 11.9 Å². The highest BCUT2D eigenvalue weighted by Gasteiger charge is 2.19. The lowest BCUT2D eigenvalue weighted by atomic mass is 10.1. The molecule has 0 aromatic carbocycles. The molecule has 94 valence electrons. The van der Waals surface area contributed by atoms with Crippen molar-refractivity contribution in [2.75, 3.05) is 37.5 Å². The second-order valence-corrected chi connectivity index (χ2v) is 4.02. The van der Waals surface area contributed by atoms with Crippen molar-refractivity contribution < 1.29 is 4.74 Å². The molecule has 2 heterocycles. The summed E-state index contributed by atoms with van der Waals surface area (Å²) < 4.78 is 5.06. The fraction of sp³-hybridized carbons (Fsp3) is 0.700. The predicted molar refractivity (Wildman–Crippen MR) is 65.3 cm³/mol. The zero-order valence-corrected chi connectivity index (χ0v) is 10.2. The van der Waals surface area contributed by atoms with Gasteiger partial charge in [-0.1, -0.05) is 0 Å². The van der Waals surface area contributed by atoms with E-state index in [1.165, 1.54) is 0 Å². The Morgan fingerprint density at radius 1 is 1.29 bits per heavy atom. The molecule has 1 aliphatic heterocycles. The Balaban J connectivity index is 2.19. The summed E-state index contributed by atoms with van der Waals surface area (Å²) in [6.45, 7) is 1.75. The molecule has 0 spiro atoms. The SMILES string of the molecule is CNc1nc(OC)nc(N2CCC(N)CC2)n1. The van der Waals surface area contributed by atoms with Crippen LogP contribution in [0.3, 0.4) is 0 Å². The quantitative estimate of drug-likeness (QED) is 0.756. The minimum absolute atomic E-state index is 0.291. The molecule has 3 N–H and O–H groups in total. The van der Waals surface area contributed by atoms with Crippen molar-refractivity contribution in [2.45, 2.75) is 18.9 Å². The first kappa shape index (κ1) is 11.8. The van der Waals surface area contributed by atoms with Gasteiger partial charge in [0, 0.05) is 26.2 Å². The van der Waals surface area contributed by atoms with Crippen LogP contribution in [0.1, 0.15) is 12.8 Å². The fourth-order valence-corrected chi connectivity index (χ4v) is 1.79. The summed E-state index contributed by atoms with van der Waals surface area (Å²) in [5.74, 6) is 1.16. The van der Waals surface area contributed by atoms with E-state index in [0.29, 0.717) is 23.9 Å². The number of hydrogen-bond donors (Lipinski definition) is 2. The van der Waals surface area contributed by atoms with Crippen LogP contribution in [0, 0.1) is 0 Å². The molecule has 7 nitrogen and oxygen atoms in total. The predicted octanol–water partition coefficient (Wildman–Crippen LogP) is -0.151. The second kappa shape index (κ2) is 5.13. The van der Waals surface area contributed by atoms with Crippen molar-refractivity contribution in [2.24, 2.45) is 5.73 Å². The summed E-state index contributed by atoms with van der Waals surface area (Å²) in [4.78, 5) is 14.7. The van der Waals surface area contributed by atoms with Gasteiger partial charge in [0.2, 0.25) is 11.9 Å². The lowest BCUT2D eigenvalue weighted by Gasteiger charge is -2.30. The highest BCUT2D eigenvalue weighted by Crippen LogP contribution is 2.18. The number of hydrogen-bond acceptors (Lipinski definition) is 7. The van der Waals surface area contributed by atoms with Crippen LogP contribution < -0.4 is 20.7 Å². The summed E-state index contributed by atoms with van der Waals surface area (Å²) in [5.41, 5.74) is 5.87. The normalized spacial score (nSPS) is 17.0. The van der Waals surface area contributed by atoms with Gasteiger partial charge in [0.1, 0.15) is 0 Å². The maximum Gasteiger partial charge on any atom is 0.322 e. The number of ether oxygens (including phenoxy) is 1. The van der Waals surface area contributed by atoms with E-state index in [4.69, 9.17) is 10.5 Å². The molecule has 0 unspecified atom stereocenters. The Labute approximate surface area is 100 Å². The van der Waals surface area contributed by atoms with Crippen LogP contribution >= 0.6 is 0 Å². The van der Waals surface area contributed by atoms with Gasteiger partial charge in [0.25, 0.3) is 0 Å². The summed E-state index contributed by atoms with van der Waals surface area (Å²) >= 11 is 0. The number of nitrogens with one attached hydrogen (secondary N) is 1. The topological polar surface area (TPSA) is 89.2 Å². The van der Waals surface area contributed by atoms with Gasteiger partial charge in [-0.15, -0.1) is 0 Å². The van der Waals surface area contributed by atoms with E-state index in [-0.39, 0.29) is 0 Å². The molecule has 7 heteroatoms. The van der Waals surface area contributed by atoms with Crippen molar-refractivity contribution in [1.29, 1.82) is 0 Å². The van der Waals surface area contributed by atoms with E-state index in [0.717, 1.165) is 25.9 Å². The Kier molecular flexibility index (Phi) is 3.58. The van der Waals surface area contributed by atoms with Crippen LogP contribution in [0.15, 0.2) is 0 Å². The van der Waals surface area contributed by atoms with Gasteiger partial charge in [0.05, 0.1) is 7.11 Å². The maximum atomic E-state index is 5.87. The number of nitrogens with two attached hydrogens (primary N) is 1. The number of nitrogens with zero attached hydrogens (tertiary/aromatic N) is 4. The van der Waals surface area contributed by atoms with Gasteiger partial charge in [0.15, 0.2) is 0 Å². The second-order valence-electron chi connectivity index (χ2n) is 4.02. The molecule has 1 saturated heterocycles. The molecular formula is C10H18N6O. The van der Waals surface area contributed by atoms with Gasteiger partial charge >= 0.3 is 6.01 Å². The van der Waals surface area contributed by atoms with Crippen LogP contribution in [-0.4, -0.2) is 48.2 Å². The highest BCUT2D eigenvalue weighted by atomic mass is 16.5. The van der Waals surface area contributed by atoms with Crippen molar-refractivity contribution >= 4 is 11.9 Å². The lowest BCUT2D eigenvalue weighted by Crippen LogP contribution is -2.40. The largest absolute Gasteiger partial charge is 0.467 e. The average Bonchev–Trinajstić information content (AvgIpc) is 2.39. The Morgan fingerprint density at radius 3 is 2.59 bits per heavy atom. The third kappa shape index (κ3) is 2.73. The number of piperidine rings is 1. The zero-order chi connectivity index (χ0) is 12.3. The van der Waals surface area contributed by atoms with Gasteiger partial charge in [-0.05, 0) is 12.8 Å². The minimum atomic E-state index is 0.291. The molecule has 0 aliphatic carbocycles. The van der Waals surface area contributed by atoms with Crippen LogP contribution in [0.25, 0.3) is 0 Å². The van der Waals surface area contributed by atoms with Crippen LogP contribution in [0.2, 0.25) is 0 Å². The fourth-order valence-electron chi connectivity index (χ4n) is 1.79. The van der Waals surface area contributed by atoms with Gasteiger partial charge < -0.3 is 20.7 Å². The minimum Gasteiger partial charge on any atom is -0.467 e. The molecule has 1 aliphatic rings. The average molecular weight is 238 g/mol. The van der Waals surface area contributed by atoms with Gasteiger partial charge in [-0.2, -0.15) is 15.0 Å². The molecule has 0 bridgehead atoms. The van der Waals surface area contributed by atoms with Crippen molar-refractivity contribution in [3.8, 4) is 6.01 Å². The molecule has 1 fully saturated rings. The Hall–Kier alpha value is -1.63. The number of methoxy groups -OCH3 is 1. The smallest absolute Gasteiger partial charge is 0.322 e. The van der Waals surface area contributed by atoms with E-state index in [1.54, 1.807) is 14.2 Å².